The number of aromatic nitrogens is 1. The topological polar surface area (TPSA) is 32.2 Å². The Balaban J connectivity index is 0.00000189. The first-order valence-corrected chi connectivity index (χ1v) is 15.6. The van der Waals surface area contributed by atoms with Crippen molar-refractivity contribution in [3.63, 3.8) is 0 Å². The summed E-state index contributed by atoms with van der Waals surface area (Å²) in [6.07, 6.45) is -0.0441. The number of anilines is 1. The van der Waals surface area contributed by atoms with E-state index in [1.807, 2.05) is 80.8 Å². The van der Waals surface area contributed by atoms with Gasteiger partial charge in [0.25, 0.3) is 0 Å². The van der Waals surface area contributed by atoms with E-state index in [1.165, 1.54) is 9.46 Å². The zero-order valence-electron chi connectivity index (χ0n) is 24.4. The molecular formula is C33H41F3N4S. The molecule has 0 atom stereocenters. The number of fused-ring (bicyclic) bond motifs is 1. The third-order valence-corrected chi connectivity index (χ3v) is 8.20. The lowest BCUT2D eigenvalue weighted by atomic mass is 10.0. The van der Waals surface area contributed by atoms with E-state index in [4.69, 9.17) is 0 Å². The number of thioether (sulfide) groups is 1. The zero-order chi connectivity index (χ0) is 29.4. The molecule has 1 fully saturated rings. The molecule has 0 amide bonds. The van der Waals surface area contributed by atoms with Gasteiger partial charge in [0, 0.05) is 46.3 Å². The smallest absolute Gasteiger partial charge is 0.381 e. The summed E-state index contributed by atoms with van der Waals surface area (Å²) in [5, 5.41) is 7.87. The van der Waals surface area contributed by atoms with Crippen LogP contribution >= 0.6 is 11.8 Å². The summed E-state index contributed by atoms with van der Waals surface area (Å²) in [4.78, 5) is 3.54. The van der Waals surface area contributed by atoms with Gasteiger partial charge in [0.05, 0.1) is 0 Å². The monoisotopic (exact) mass is 582 g/mol. The number of rotatable bonds is 9. The Morgan fingerprint density at radius 3 is 2.15 bits per heavy atom. The number of hydrogen-bond donors (Lipinski definition) is 2. The lowest BCUT2D eigenvalue weighted by Crippen LogP contribution is -2.40. The van der Waals surface area contributed by atoms with E-state index in [0.29, 0.717) is 30.3 Å². The Bertz CT molecular complexity index is 1370. The molecule has 3 aromatic carbocycles. The van der Waals surface area contributed by atoms with E-state index < -0.39 is 12.7 Å². The second-order valence-electron chi connectivity index (χ2n) is 10.4. The van der Waals surface area contributed by atoms with Crippen LogP contribution in [0.15, 0.2) is 77.7 Å². The fourth-order valence-electron chi connectivity index (χ4n) is 5.20. The first-order valence-electron chi connectivity index (χ1n) is 14.4. The minimum atomic E-state index is -4.31. The highest BCUT2D eigenvalue weighted by molar-refractivity contribution is 7.98. The van der Waals surface area contributed by atoms with E-state index in [9.17, 15) is 13.2 Å². The van der Waals surface area contributed by atoms with Gasteiger partial charge < -0.3 is 20.1 Å². The number of nitrogens with zero attached hydrogens (tertiary/aromatic N) is 2. The van der Waals surface area contributed by atoms with Crippen LogP contribution in [0.25, 0.3) is 22.2 Å². The molecule has 2 N–H and O–H groups in total. The van der Waals surface area contributed by atoms with Crippen molar-refractivity contribution in [1.29, 1.82) is 0 Å². The van der Waals surface area contributed by atoms with Gasteiger partial charge in [-0.3, -0.25) is 0 Å². The Kier molecular flexibility index (Phi) is 10.8. The Hall–Kier alpha value is -2.94. The minimum Gasteiger partial charge on any atom is -0.381 e. The van der Waals surface area contributed by atoms with Gasteiger partial charge in [-0.15, -0.1) is 11.8 Å². The van der Waals surface area contributed by atoms with E-state index in [1.54, 1.807) is 11.8 Å². The summed E-state index contributed by atoms with van der Waals surface area (Å²) >= 11 is 1.70. The summed E-state index contributed by atoms with van der Waals surface area (Å²) in [5.74, 6) is 0. The molecule has 1 aliphatic heterocycles. The maximum Gasteiger partial charge on any atom is 0.406 e. The van der Waals surface area contributed by atoms with Crippen LogP contribution in [-0.2, 0) is 19.6 Å². The molecule has 1 aliphatic rings. The number of halogens is 3. The highest BCUT2D eigenvalue weighted by Crippen LogP contribution is 2.32. The van der Waals surface area contributed by atoms with Crippen LogP contribution in [0.5, 0.6) is 0 Å². The summed E-state index contributed by atoms with van der Waals surface area (Å²) in [6.45, 7) is 6.50. The third kappa shape index (κ3) is 8.53. The molecule has 0 radical (unpaired) electrons. The number of likely N-dealkylation sites (tertiary alicyclic amines) is 1. The minimum absolute atomic E-state index is 0.477. The van der Waals surface area contributed by atoms with E-state index in [0.717, 1.165) is 53.7 Å². The molecule has 41 heavy (non-hydrogen) atoms. The van der Waals surface area contributed by atoms with Crippen molar-refractivity contribution in [3.05, 3.63) is 83.9 Å². The number of hydrogen-bond acceptors (Lipinski definition) is 4. The molecule has 2 heterocycles. The van der Waals surface area contributed by atoms with Gasteiger partial charge in [-0.1, -0.05) is 44.2 Å². The predicted molar refractivity (Wildman–Crippen MR) is 168 cm³/mol. The van der Waals surface area contributed by atoms with E-state index in [2.05, 4.69) is 34.7 Å². The Labute approximate surface area is 246 Å². The molecule has 8 heteroatoms. The van der Waals surface area contributed by atoms with Gasteiger partial charge in [0.15, 0.2) is 0 Å². The summed E-state index contributed by atoms with van der Waals surface area (Å²) in [5.41, 5.74) is 5.13. The molecule has 0 saturated carbocycles. The average molecular weight is 583 g/mol. The lowest BCUT2D eigenvalue weighted by molar-refractivity contribution is -0.139. The molecule has 1 aromatic heterocycles. The van der Waals surface area contributed by atoms with Crippen molar-refractivity contribution < 1.29 is 13.2 Å². The zero-order valence-corrected chi connectivity index (χ0v) is 25.2. The highest BCUT2D eigenvalue weighted by atomic mass is 32.2. The van der Waals surface area contributed by atoms with Gasteiger partial charge in [-0.25, -0.2) is 0 Å². The molecule has 5 rings (SSSR count). The van der Waals surface area contributed by atoms with Gasteiger partial charge in [0.1, 0.15) is 6.54 Å². The third-order valence-electron chi connectivity index (χ3n) is 7.45. The molecule has 0 bridgehead atoms. The van der Waals surface area contributed by atoms with Crippen molar-refractivity contribution in [2.24, 2.45) is 0 Å². The molecule has 0 unspecified atom stereocenters. The molecule has 220 valence electrons. The Morgan fingerprint density at radius 2 is 1.51 bits per heavy atom. The van der Waals surface area contributed by atoms with Crippen LogP contribution in [0.3, 0.4) is 0 Å². The first-order chi connectivity index (χ1) is 19.8. The van der Waals surface area contributed by atoms with Gasteiger partial charge in [-0.05, 0) is 98.4 Å². The van der Waals surface area contributed by atoms with Crippen LogP contribution in [0.2, 0.25) is 0 Å². The molecule has 1 saturated heterocycles. The molecular weight excluding hydrogens is 541 g/mol. The second-order valence-corrected chi connectivity index (χ2v) is 11.2. The average Bonchev–Trinajstić information content (AvgIpc) is 3.33. The number of alkyl halides is 3. The van der Waals surface area contributed by atoms with Crippen molar-refractivity contribution in [2.75, 3.05) is 31.7 Å². The number of benzene rings is 3. The summed E-state index contributed by atoms with van der Waals surface area (Å²) < 4.78 is 42.2. The van der Waals surface area contributed by atoms with Crippen LogP contribution in [0.1, 0.15) is 37.8 Å². The fourth-order valence-corrected chi connectivity index (χ4v) is 5.61. The van der Waals surface area contributed by atoms with Gasteiger partial charge in [-0.2, -0.15) is 13.2 Å². The maximum absolute atomic E-state index is 13.6. The SMILES string of the molecule is CC.CSc1ccc(NCc2ccc(-c3cc4cc(CNC5CCN(C)CC5)ccc4n3CC(F)(F)F)cc2)cc1. The fraction of sp³-hybridized carbons (Fsp3) is 0.394. The van der Waals surface area contributed by atoms with E-state index in [-0.39, 0.29) is 0 Å². The molecule has 4 nitrogen and oxygen atoms in total. The van der Waals surface area contributed by atoms with Gasteiger partial charge >= 0.3 is 6.18 Å². The standard InChI is InChI=1S/C31H35F3N4S.C2H6/c1-37-15-13-27(14-16-37)36-20-23-5-12-29-25(17-23)18-30(38(29)21-31(32,33)34)24-6-3-22(4-7-24)19-35-26-8-10-28(39-2)11-9-26;1-2/h3-12,17-18,27,35-36H,13-16,19-21H2,1-2H3;1-2H3. The predicted octanol–water partition coefficient (Wildman–Crippen LogP) is 8.41. The molecule has 4 aromatic rings. The molecule has 0 spiro atoms. The van der Waals surface area contributed by atoms with Crippen molar-refractivity contribution in [2.45, 2.75) is 63.4 Å². The van der Waals surface area contributed by atoms with Crippen LogP contribution < -0.4 is 10.6 Å². The largest absolute Gasteiger partial charge is 0.406 e. The summed E-state index contributed by atoms with van der Waals surface area (Å²) in [6, 6.07) is 24.2. The lowest BCUT2D eigenvalue weighted by Gasteiger charge is -2.29. The Morgan fingerprint density at radius 1 is 0.854 bits per heavy atom. The van der Waals surface area contributed by atoms with Gasteiger partial charge in [0.2, 0.25) is 0 Å². The highest BCUT2D eigenvalue weighted by Gasteiger charge is 2.30. The van der Waals surface area contributed by atoms with E-state index >= 15 is 0 Å². The van der Waals surface area contributed by atoms with Crippen molar-refractivity contribution >= 4 is 28.4 Å². The van der Waals surface area contributed by atoms with Crippen LogP contribution in [-0.4, -0.2) is 48.1 Å². The first kappa shape index (κ1) is 31.0. The van der Waals surface area contributed by atoms with Crippen LogP contribution in [0, 0.1) is 0 Å². The van der Waals surface area contributed by atoms with Crippen molar-refractivity contribution in [3.8, 4) is 11.3 Å². The molecule has 0 aliphatic carbocycles. The number of piperidine rings is 1. The second kappa shape index (κ2) is 14.3. The van der Waals surface area contributed by atoms with Crippen molar-refractivity contribution in [1.82, 2.24) is 14.8 Å². The summed E-state index contributed by atoms with van der Waals surface area (Å²) in [7, 11) is 2.14. The number of nitrogens with one attached hydrogen (secondary N) is 2. The quantitative estimate of drug-likeness (QED) is 0.194. The normalized spacial score (nSPS) is 14.6. The van der Waals surface area contributed by atoms with Crippen LogP contribution in [0.4, 0.5) is 18.9 Å². The maximum atomic E-state index is 13.6.